The maximum atomic E-state index is 11.9. The van der Waals surface area contributed by atoms with E-state index < -0.39 is 5.54 Å². The number of amides is 1. The van der Waals surface area contributed by atoms with E-state index in [1.54, 1.807) is 13.8 Å². The third kappa shape index (κ3) is 4.77. The second kappa shape index (κ2) is 6.23. The molecule has 0 bridgehead atoms. The van der Waals surface area contributed by atoms with Gasteiger partial charge in [0.1, 0.15) is 0 Å². The standard InChI is InChI=1S/C15H31N3O/c1-6-12-8-7-9-18(10-12)14(2,3)11-17-13(19)15(4,5)16/h12H,6-11,16H2,1-5H3,(H,17,19). The number of carbonyl (C=O) groups is 1. The van der Waals surface area contributed by atoms with Gasteiger partial charge >= 0.3 is 0 Å². The van der Waals surface area contributed by atoms with E-state index in [4.69, 9.17) is 5.73 Å². The summed E-state index contributed by atoms with van der Waals surface area (Å²) in [5, 5.41) is 2.99. The van der Waals surface area contributed by atoms with E-state index in [1.165, 1.54) is 19.3 Å². The number of likely N-dealkylation sites (tertiary alicyclic amines) is 1. The molecule has 1 atom stereocenters. The monoisotopic (exact) mass is 269 g/mol. The van der Waals surface area contributed by atoms with Gasteiger partial charge in [-0.05, 0) is 53.0 Å². The molecule has 1 aliphatic rings. The molecule has 0 aliphatic carbocycles. The van der Waals surface area contributed by atoms with Crippen molar-refractivity contribution in [1.82, 2.24) is 10.2 Å². The summed E-state index contributed by atoms with van der Waals surface area (Å²) in [4.78, 5) is 14.4. The van der Waals surface area contributed by atoms with Crippen molar-refractivity contribution in [3.05, 3.63) is 0 Å². The van der Waals surface area contributed by atoms with E-state index >= 15 is 0 Å². The number of rotatable bonds is 5. The lowest BCUT2D eigenvalue weighted by atomic mass is 9.91. The molecule has 1 rings (SSSR count). The topological polar surface area (TPSA) is 58.4 Å². The van der Waals surface area contributed by atoms with Crippen LogP contribution in [0.1, 0.15) is 53.9 Å². The van der Waals surface area contributed by atoms with E-state index in [0.717, 1.165) is 19.0 Å². The molecular weight excluding hydrogens is 238 g/mol. The molecule has 19 heavy (non-hydrogen) atoms. The fourth-order valence-corrected chi connectivity index (χ4v) is 2.58. The van der Waals surface area contributed by atoms with Gasteiger partial charge in [-0.15, -0.1) is 0 Å². The average Bonchev–Trinajstić information content (AvgIpc) is 2.35. The van der Waals surface area contributed by atoms with Crippen LogP contribution in [0.5, 0.6) is 0 Å². The van der Waals surface area contributed by atoms with Gasteiger partial charge in [-0.2, -0.15) is 0 Å². The Kier molecular flexibility index (Phi) is 5.39. The lowest BCUT2D eigenvalue weighted by Gasteiger charge is -2.44. The molecule has 1 saturated heterocycles. The second-order valence-corrected chi connectivity index (χ2v) is 7.08. The minimum atomic E-state index is -0.802. The number of nitrogens with two attached hydrogens (primary N) is 1. The van der Waals surface area contributed by atoms with E-state index in [-0.39, 0.29) is 11.4 Å². The Balaban J connectivity index is 2.53. The van der Waals surface area contributed by atoms with E-state index in [2.05, 4.69) is 31.0 Å². The third-order valence-electron chi connectivity index (χ3n) is 4.22. The van der Waals surface area contributed by atoms with Crippen molar-refractivity contribution in [1.29, 1.82) is 0 Å². The van der Waals surface area contributed by atoms with Crippen LogP contribution >= 0.6 is 0 Å². The molecule has 0 spiro atoms. The van der Waals surface area contributed by atoms with Crippen LogP contribution in [0.4, 0.5) is 0 Å². The predicted octanol–water partition coefficient (Wildman–Crippen LogP) is 1.74. The first-order valence-electron chi connectivity index (χ1n) is 7.49. The first kappa shape index (κ1) is 16.4. The molecule has 4 heteroatoms. The summed E-state index contributed by atoms with van der Waals surface area (Å²) in [5.41, 5.74) is 5.00. The third-order valence-corrected chi connectivity index (χ3v) is 4.22. The first-order valence-corrected chi connectivity index (χ1v) is 7.49. The fraction of sp³-hybridized carbons (Fsp3) is 0.933. The molecule has 1 unspecified atom stereocenters. The van der Waals surface area contributed by atoms with Gasteiger partial charge in [0.15, 0.2) is 0 Å². The van der Waals surface area contributed by atoms with Gasteiger partial charge in [-0.25, -0.2) is 0 Å². The first-order chi connectivity index (χ1) is 8.66. The van der Waals surface area contributed by atoms with Crippen LogP contribution in [0, 0.1) is 5.92 Å². The number of piperidine rings is 1. The van der Waals surface area contributed by atoms with Gasteiger partial charge in [0.05, 0.1) is 5.54 Å². The van der Waals surface area contributed by atoms with Crippen LogP contribution in [0.15, 0.2) is 0 Å². The zero-order valence-corrected chi connectivity index (χ0v) is 13.3. The number of carbonyl (C=O) groups excluding carboxylic acids is 1. The minimum Gasteiger partial charge on any atom is -0.353 e. The lowest BCUT2D eigenvalue weighted by molar-refractivity contribution is -0.125. The van der Waals surface area contributed by atoms with Crippen LogP contribution in [0.3, 0.4) is 0 Å². The number of hydrogen-bond donors (Lipinski definition) is 2. The molecule has 0 aromatic carbocycles. The average molecular weight is 269 g/mol. The summed E-state index contributed by atoms with van der Waals surface area (Å²) in [5.74, 6) is 0.722. The maximum absolute atomic E-state index is 11.9. The van der Waals surface area contributed by atoms with E-state index in [0.29, 0.717) is 6.54 Å². The minimum absolute atomic E-state index is 0.00521. The Bertz CT molecular complexity index is 307. The fourth-order valence-electron chi connectivity index (χ4n) is 2.58. The quantitative estimate of drug-likeness (QED) is 0.799. The largest absolute Gasteiger partial charge is 0.353 e. The Hall–Kier alpha value is -0.610. The van der Waals surface area contributed by atoms with Crippen LogP contribution in [0.25, 0.3) is 0 Å². The van der Waals surface area contributed by atoms with Crippen molar-refractivity contribution in [2.24, 2.45) is 11.7 Å². The van der Waals surface area contributed by atoms with Gasteiger partial charge in [-0.1, -0.05) is 13.3 Å². The summed E-state index contributed by atoms with van der Waals surface area (Å²) >= 11 is 0. The zero-order valence-electron chi connectivity index (χ0n) is 13.3. The molecule has 1 fully saturated rings. The molecule has 4 nitrogen and oxygen atoms in total. The summed E-state index contributed by atoms with van der Waals surface area (Å²) < 4.78 is 0. The van der Waals surface area contributed by atoms with Crippen molar-refractivity contribution >= 4 is 5.91 Å². The Morgan fingerprint density at radius 1 is 1.37 bits per heavy atom. The molecule has 1 aliphatic heterocycles. The molecule has 0 radical (unpaired) electrons. The molecule has 0 aromatic rings. The van der Waals surface area contributed by atoms with Gasteiger partial charge < -0.3 is 11.1 Å². The van der Waals surface area contributed by atoms with Crippen LogP contribution in [0.2, 0.25) is 0 Å². The van der Waals surface area contributed by atoms with Gasteiger partial charge in [0.2, 0.25) is 5.91 Å². The predicted molar refractivity (Wildman–Crippen MR) is 79.9 cm³/mol. The zero-order chi connectivity index (χ0) is 14.7. The molecular formula is C15H31N3O. The Morgan fingerprint density at radius 2 is 2.00 bits per heavy atom. The van der Waals surface area contributed by atoms with E-state index in [9.17, 15) is 4.79 Å². The molecule has 3 N–H and O–H groups in total. The van der Waals surface area contributed by atoms with Crippen molar-refractivity contribution in [2.45, 2.75) is 65.0 Å². The highest BCUT2D eigenvalue weighted by Gasteiger charge is 2.32. The van der Waals surface area contributed by atoms with Crippen LogP contribution in [-0.2, 0) is 4.79 Å². The number of nitrogens with zero attached hydrogens (tertiary/aromatic N) is 1. The van der Waals surface area contributed by atoms with Crippen LogP contribution in [-0.4, -0.2) is 41.5 Å². The summed E-state index contributed by atoms with van der Waals surface area (Å²) in [7, 11) is 0. The Morgan fingerprint density at radius 3 is 2.53 bits per heavy atom. The normalized spacial score (nSPS) is 22.3. The highest BCUT2D eigenvalue weighted by Crippen LogP contribution is 2.25. The molecule has 0 saturated carbocycles. The maximum Gasteiger partial charge on any atom is 0.239 e. The highest BCUT2D eigenvalue weighted by atomic mass is 16.2. The van der Waals surface area contributed by atoms with Crippen molar-refractivity contribution in [3.63, 3.8) is 0 Å². The van der Waals surface area contributed by atoms with E-state index in [1.807, 2.05) is 0 Å². The Labute approximate surface area is 118 Å². The van der Waals surface area contributed by atoms with Gasteiger partial charge in [0, 0.05) is 18.6 Å². The molecule has 1 amide bonds. The lowest BCUT2D eigenvalue weighted by Crippen LogP contribution is -2.58. The SMILES string of the molecule is CCC1CCCN(C(C)(C)CNC(=O)C(C)(C)N)C1. The van der Waals surface area contributed by atoms with Crippen LogP contribution < -0.4 is 11.1 Å². The summed E-state index contributed by atoms with van der Waals surface area (Å²) in [6.07, 6.45) is 3.85. The summed E-state index contributed by atoms with van der Waals surface area (Å²) in [6.45, 7) is 13.1. The van der Waals surface area contributed by atoms with Gasteiger partial charge in [-0.3, -0.25) is 9.69 Å². The summed E-state index contributed by atoms with van der Waals surface area (Å²) in [6, 6.07) is 0. The van der Waals surface area contributed by atoms with Crippen molar-refractivity contribution in [3.8, 4) is 0 Å². The molecule has 112 valence electrons. The van der Waals surface area contributed by atoms with Crippen molar-refractivity contribution < 1.29 is 4.79 Å². The second-order valence-electron chi connectivity index (χ2n) is 7.08. The van der Waals surface area contributed by atoms with Gasteiger partial charge in [0.25, 0.3) is 0 Å². The number of hydrogen-bond acceptors (Lipinski definition) is 3. The smallest absolute Gasteiger partial charge is 0.239 e. The number of nitrogens with one attached hydrogen (secondary N) is 1. The van der Waals surface area contributed by atoms with Crippen molar-refractivity contribution in [2.75, 3.05) is 19.6 Å². The molecule has 0 aromatic heterocycles. The highest BCUT2D eigenvalue weighted by molar-refractivity contribution is 5.85. The molecule has 1 heterocycles.